The Morgan fingerprint density at radius 1 is 0.974 bits per heavy atom. The number of hydrogen-bond donors (Lipinski definition) is 1. The van der Waals surface area contributed by atoms with Gasteiger partial charge in [-0.2, -0.15) is 0 Å². The average Bonchev–Trinajstić information content (AvgIpc) is 2.93. The molecule has 3 rings (SSSR count). The molecule has 3 aromatic rings. The molecule has 1 atom stereocenters. The number of carbonyl (C=O) groups excluding carboxylic acids is 2. The third-order valence-electron chi connectivity index (χ3n) is 6.04. The molecule has 0 aliphatic heterocycles. The highest BCUT2D eigenvalue weighted by molar-refractivity contribution is 7.92. The summed E-state index contributed by atoms with van der Waals surface area (Å²) >= 11 is 0. The van der Waals surface area contributed by atoms with Crippen molar-refractivity contribution in [3.05, 3.63) is 90.2 Å². The lowest BCUT2D eigenvalue weighted by atomic mass is 10.1. The molecule has 0 fully saturated rings. The zero-order valence-corrected chi connectivity index (χ0v) is 22.4. The van der Waals surface area contributed by atoms with Crippen LogP contribution < -0.4 is 14.4 Å². The molecule has 0 aromatic heterocycles. The first-order chi connectivity index (χ1) is 18.2. The fourth-order valence-electron chi connectivity index (χ4n) is 3.90. The van der Waals surface area contributed by atoms with Gasteiger partial charge in [0.15, 0.2) is 0 Å². The maximum atomic E-state index is 13.7. The number of benzene rings is 3. The van der Waals surface area contributed by atoms with E-state index in [1.54, 1.807) is 13.8 Å². The molecular weight excluding hydrogens is 509 g/mol. The van der Waals surface area contributed by atoms with Crippen molar-refractivity contribution in [1.29, 1.82) is 0 Å². The van der Waals surface area contributed by atoms with Crippen molar-refractivity contribution in [3.8, 4) is 5.75 Å². The van der Waals surface area contributed by atoms with Crippen molar-refractivity contribution < 1.29 is 27.1 Å². The normalized spacial score (nSPS) is 11.9. The van der Waals surface area contributed by atoms with Crippen molar-refractivity contribution in [1.82, 2.24) is 10.2 Å². The lowest BCUT2D eigenvalue weighted by molar-refractivity contribution is -0.138. The maximum Gasteiger partial charge on any atom is 0.264 e. The summed E-state index contributed by atoms with van der Waals surface area (Å²) in [5, 5.41) is 2.72. The predicted molar refractivity (Wildman–Crippen MR) is 144 cm³/mol. The van der Waals surface area contributed by atoms with Gasteiger partial charge in [0.1, 0.15) is 24.2 Å². The zero-order valence-electron chi connectivity index (χ0n) is 21.6. The van der Waals surface area contributed by atoms with Crippen LogP contribution in [0.2, 0.25) is 0 Å². The number of carbonyl (C=O) groups is 2. The summed E-state index contributed by atoms with van der Waals surface area (Å²) in [5.74, 6) is -0.992. The topological polar surface area (TPSA) is 96.0 Å². The highest BCUT2D eigenvalue weighted by Gasteiger charge is 2.32. The molecular formula is C28H32FN3O5S. The summed E-state index contributed by atoms with van der Waals surface area (Å²) in [6, 6.07) is 19.2. The van der Waals surface area contributed by atoms with E-state index in [2.05, 4.69) is 5.32 Å². The third kappa shape index (κ3) is 7.10. The molecule has 0 bridgehead atoms. The van der Waals surface area contributed by atoms with Crippen molar-refractivity contribution in [2.75, 3.05) is 31.0 Å². The first-order valence-corrected chi connectivity index (χ1v) is 13.6. The molecule has 202 valence electrons. The molecule has 0 aliphatic carbocycles. The van der Waals surface area contributed by atoms with Gasteiger partial charge in [0.25, 0.3) is 10.0 Å². The van der Waals surface area contributed by atoms with E-state index in [9.17, 15) is 22.4 Å². The number of hydrogen-bond acceptors (Lipinski definition) is 5. The van der Waals surface area contributed by atoms with Gasteiger partial charge in [-0.05, 0) is 74.4 Å². The van der Waals surface area contributed by atoms with E-state index in [1.807, 2.05) is 30.3 Å². The number of rotatable bonds is 12. The number of methoxy groups -OCH3 is 1. The van der Waals surface area contributed by atoms with Gasteiger partial charge < -0.3 is 15.0 Å². The van der Waals surface area contributed by atoms with Crippen LogP contribution >= 0.6 is 0 Å². The van der Waals surface area contributed by atoms with Crippen LogP contribution in [0.15, 0.2) is 83.8 Å². The van der Waals surface area contributed by atoms with Crippen LogP contribution in [0.3, 0.4) is 0 Å². The summed E-state index contributed by atoms with van der Waals surface area (Å²) in [7, 11) is -2.77. The summed E-state index contributed by atoms with van der Waals surface area (Å²) in [6.45, 7) is 3.38. The minimum Gasteiger partial charge on any atom is -0.497 e. The molecule has 0 saturated heterocycles. The Morgan fingerprint density at radius 2 is 1.61 bits per heavy atom. The van der Waals surface area contributed by atoms with Gasteiger partial charge in [0.2, 0.25) is 11.8 Å². The molecule has 38 heavy (non-hydrogen) atoms. The Morgan fingerprint density at radius 3 is 2.18 bits per heavy atom. The van der Waals surface area contributed by atoms with Crippen LogP contribution in [0.1, 0.15) is 19.4 Å². The Balaban J connectivity index is 1.96. The van der Waals surface area contributed by atoms with Gasteiger partial charge in [-0.15, -0.1) is 0 Å². The SMILES string of the molecule is CCNC(=O)[C@H](C)N(CCc1ccccc1)C(=O)CN(c1ccc(F)cc1)S(=O)(=O)c1ccc(OC)cc1. The number of sulfonamides is 1. The summed E-state index contributed by atoms with van der Waals surface area (Å²) in [5.41, 5.74) is 1.08. The maximum absolute atomic E-state index is 13.7. The van der Waals surface area contributed by atoms with Crippen molar-refractivity contribution in [2.24, 2.45) is 0 Å². The van der Waals surface area contributed by atoms with E-state index in [-0.39, 0.29) is 23.0 Å². The molecule has 2 amide bonds. The number of ether oxygens (including phenoxy) is 1. The molecule has 0 saturated carbocycles. The number of nitrogens with one attached hydrogen (secondary N) is 1. The van der Waals surface area contributed by atoms with Gasteiger partial charge in [-0.25, -0.2) is 12.8 Å². The molecule has 10 heteroatoms. The lowest BCUT2D eigenvalue weighted by Crippen LogP contribution is -2.52. The second-order valence-electron chi connectivity index (χ2n) is 8.56. The van der Waals surface area contributed by atoms with E-state index < -0.39 is 34.3 Å². The Hall–Kier alpha value is -3.92. The van der Waals surface area contributed by atoms with E-state index >= 15 is 0 Å². The van der Waals surface area contributed by atoms with Crippen molar-refractivity contribution in [3.63, 3.8) is 0 Å². The van der Waals surface area contributed by atoms with Crippen LogP contribution in [0.5, 0.6) is 5.75 Å². The minimum atomic E-state index is -4.24. The molecule has 0 heterocycles. The van der Waals surface area contributed by atoms with E-state index in [4.69, 9.17) is 4.74 Å². The number of likely N-dealkylation sites (N-methyl/N-ethyl adjacent to an activating group) is 1. The smallest absolute Gasteiger partial charge is 0.264 e. The number of halogens is 1. The van der Waals surface area contributed by atoms with Crippen LogP contribution in [0, 0.1) is 5.82 Å². The summed E-state index contributed by atoms with van der Waals surface area (Å²) in [4.78, 5) is 27.7. The van der Waals surface area contributed by atoms with Crippen LogP contribution in [-0.2, 0) is 26.0 Å². The quantitative estimate of drug-likeness (QED) is 0.378. The molecule has 3 aromatic carbocycles. The monoisotopic (exact) mass is 541 g/mol. The third-order valence-corrected chi connectivity index (χ3v) is 7.83. The van der Waals surface area contributed by atoms with Gasteiger partial charge in [0, 0.05) is 13.1 Å². The molecule has 1 N–H and O–H groups in total. The summed E-state index contributed by atoms with van der Waals surface area (Å²) < 4.78 is 47.1. The lowest BCUT2D eigenvalue weighted by Gasteiger charge is -2.32. The van der Waals surface area contributed by atoms with Gasteiger partial charge in [-0.3, -0.25) is 13.9 Å². The van der Waals surface area contributed by atoms with Crippen molar-refractivity contribution in [2.45, 2.75) is 31.2 Å². The summed E-state index contributed by atoms with van der Waals surface area (Å²) in [6.07, 6.45) is 0.470. The molecule has 0 unspecified atom stereocenters. The standard InChI is InChI=1S/C28H32FN3O5S/c1-4-30-28(34)21(2)31(19-18-22-8-6-5-7-9-22)27(33)20-32(24-12-10-23(29)11-13-24)38(35,36)26-16-14-25(37-3)15-17-26/h5-17,21H,4,18-20H2,1-3H3,(H,30,34)/t21-/m0/s1. The number of amides is 2. The largest absolute Gasteiger partial charge is 0.497 e. The first kappa shape index (κ1) is 28.6. The van der Waals surface area contributed by atoms with E-state index in [1.165, 1.54) is 48.4 Å². The molecule has 0 spiro atoms. The van der Waals surface area contributed by atoms with Crippen molar-refractivity contribution >= 4 is 27.5 Å². The Kier molecular flexibility index (Phi) is 9.84. The molecule has 0 radical (unpaired) electrons. The predicted octanol–water partition coefficient (Wildman–Crippen LogP) is 3.63. The minimum absolute atomic E-state index is 0.0666. The second kappa shape index (κ2) is 13.0. The first-order valence-electron chi connectivity index (χ1n) is 12.2. The Labute approximate surface area is 223 Å². The highest BCUT2D eigenvalue weighted by Crippen LogP contribution is 2.26. The number of nitrogens with zero attached hydrogens (tertiary/aromatic N) is 2. The van der Waals surface area contributed by atoms with Gasteiger partial charge in [-0.1, -0.05) is 30.3 Å². The second-order valence-corrected chi connectivity index (χ2v) is 10.4. The van der Waals surface area contributed by atoms with E-state index in [0.717, 1.165) is 22.0 Å². The fraction of sp³-hybridized carbons (Fsp3) is 0.286. The fourth-order valence-corrected chi connectivity index (χ4v) is 5.32. The highest BCUT2D eigenvalue weighted by atomic mass is 32.2. The van der Waals surface area contributed by atoms with Gasteiger partial charge >= 0.3 is 0 Å². The van der Waals surface area contributed by atoms with Gasteiger partial charge in [0.05, 0.1) is 17.7 Å². The Bertz CT molecular complexity index is 1320. The number of anilines is 1. The van der Waals surface area contributed by atoms with Crippen LogP contribution in [0.25, 0.3) is 0 Å². The zero-order chi connectivity index (χ0) is 27.7. The average molecular weight is 542 g/mol. The van der Waals surface area contributed by atoms with Crippen LogP contribution in [0.4, 0.5) is 10.1 Å². The van der Waals surface area contributed by atoms with Crippen LogP contribution in [-0.4, -0.2) is 57.9 Å². The van der Waals surface area contributed by atoms with E-state index in [0.29, 0.717) is 18.7 Å². The molecule has 8 nitrogen and oxygen atoms in total. The molecule has 0 aliphatic rings.